The van der Waals surface area contributed by atoms with Crippen LogP contribution in [-0.2, 0) is 24.2 Å². The predicted molar refractivity (Wildman–Crippen MR) is 101 cm³/mol. The molecule has 0 bridgehead atoms. The highest BCUT2D eigenvalue weighted by Gasteiger charge is 2.29. The van der Waals surface area contributed by atoms with E-state index in [1.807, 2.05) is 19.1 Å². The molecule has 2 atom stereocenters. The fourth-order valence-corrected chi connectivity index (χ4v) is 4.24. The molecule has 3 nitrogen and oxygen atoms in total. The van der Waals surface area contributed by atoms with Crippen LogP contribution in [0.2, 0.25) is 5.02 Å². The average molecular weight is 355 g/mol. The lowest BCUT2D eigenvalue weighted by Gasteiger charge is -2.33. The third-order valence-electron chi connectivity index (χ3n) is 5.59. The molecule has 1 heterocycles. The van der Waals surface area contributed by atoms with E-state index >= 15 is 0 Å². The lowest BCUT2D eigenvalue weighted by Crippen LogP contribution is -2.47. The number of nitrogens with one attached hydrogen (secondary N) is 1. The van der Waals surface area contributed by atoms with Gasteiger partial charge < -0.3 is 5.32 Å². The molecule has 1 aliphatic heterocycles. The van der Waals surface area contributed by atoms with Crippen LogP contribution in [0.15, 0.2) is 42.5 Å². The maximum absolute atomic E-state index is 12.8. The van der Waals surface area contributed by atoms with E-state index in [-0.39, 0.29) is 18.0 Å². The molecule has 1 amide bonds. The number of hydrogen-bond donors (Lipinski definition) is 1. The van der Waals surface area contributed by atoms with Crippen molar-refractivity contribution in [2.75, 3.05) is 6.54 Å². The van der Waals surface area contributed by atoms with Crippen LogP contribution >= 0.6 is 11.6 Å². The van der Waals surface area contributed by atoms with Crippen molar-refractivity contribution in [3.8, 4) is 0 Å². The first kappa shape index (κ1) is 16.6. The normalized spacial score (nSPS) is 20.6. The molecular weight excluding hydrogens is 332 g/mol. The molecule has 0 spiro atoms. The molecule has 130 valence electrons. The molecule has 4 rings (SSSR count). The van der Waals surface area contributed by atoms with Gasteiger partial charge >= 0.3 is 0 Å². The lowest BCUT2D eigenvalue weighted by atomic mass is 9.98. The third-order valence-corrected chi connectivity index (χ3v) is 5.82. The number of fused-ring (bicyclic) bond motifs is 2. The van der Waals surface area contributed by atoms with Crippen molar-refractivity contribution >= 4 is 17.5 Å². The van der Waals surface area contributed by atoms with Crippen molar-refractivity contribution in [2.45, 2.75) is 44.8 Å². The van der Waals surface area contributed by atoms with E-state index in [9.17, 15) is 4.79 Å². The molecule has 25 heavy (non-hydrogen) atoms. The van der Waals surface area contributed by atoms with Gasteiger partial charge in [-0.1, -0.05) is 41.9 Å². The molecule has 1 N–H and O–H groups in total. The van der Waals surface area contributed by atoms with Crippen LogP contribution in [0.1, 0.15) is 41.6 Å². The predicted octanol–water partition coefficient (Wildman–Crippen LogP) is 3.89. The smallest absolute Gasteiger partial charge is 0.237 e. The van der Waals surface area contributed by atoms with Gasteiger partial charge in [-0.25, -0.2) is 0 Å². The van der Waals surface area contributed by atoms with Crippen molar-refractivity contribution in [2.24, 2.45) is 0 Å². The van der Waals surface area contributed by atoms with Gasteiger partial charge in [-0.05, 0) is 60.6 Å². The number of carbonyl (C=O) groups is 1. The molecule has 2 aliphatic rings. The third kappa shape index (κ3) is 3.31. The molecule has 0 radical (unpaired) electrons. The Morgan fingerprint density at radius 1 is 1.16 bits per heavy atom. The Kier molecular flexibility index (Phi) is 4.53. The fraction of sp³-hybridized carbons (Fsp3) is 0.381. The molecule has 0 aromatic heterocycles. The second-order valence-electron chi connectivity index (χ2n) is 7.11. The van der Waals surface area contributed by atoms with Crippen LogP contribution in [-0.4, -0.2) is 23.4 Å². The van der Waals surface area contributed by atoms with Crippen LogP contribution in [0, 0.1) is 0 Å². The van der Waals surface area contributed by atoms with Crippen LogP contribution in [0.25, 0.3) is 0 Å². The number of benzene rings is 2. The molecule has 2 aromatic rings. The number of rotatable bonds is 3. The molecular formula is C21H23ClN2O. The van der Waals surface area contributed by atoms with Gasteiger partial charge in [0, 0.05) is 18.1 Å². The Bertz CT molecular complexity index is 804. The van der Waals surface area contributed by atoms with Gasteiger partial charge in [-0.15, -0.1) is 0 Å². The van der Waals surface area contributed by atoms with Crippen LogP contribution in [0.5, 0.6) is 0 Å². The molecule has 2 aromatic carbocycles. The van der Waals surface area contributed by atoms with E-state index in [2.05, 4.69) is 40.5 Å². The van der Waals surface area contributed by atoms with Crippen molar-refractivity contribution < 1.29 is 4.79 Å². The second kappa shape index (κ2) is 6.81. The lowest BCUT2D eigenvalue weighted by molar-refractivity contribution is -0.127. The van der Waals surface area contributed by atoms with Gasteiger partial charge in [0.15, 0.2) is 0 Å². The largest absolute Gasteiger partial charge is 0.348 e. The topological polar surface area (TPSA) is 32.3 Å². The summed E-state index contributed by atoms with van der Waals surface area (Å²) in [5, 5.41) is 4.02. The summed E-state index contributed by atoms with van der Waals surface area (Å²) in [5.41, 5.74) is 5.23. The number of carbonyl (C=O) groups excluding carboxylic acids is 1. The van der Waals surface area contributed by atoms with E-state index in [0.29, 0.717) is 0 Å². The molecule has 1 aliphatic carbocycles. The highest BCUT2D eigenvalue weighted by atomic mass is 35.5. The summed E-state index contributed by atoms with van der Waals surface area (Å²) in [5.74, 6) is 0.118. The first-order chi connectivity index (χ1) is 12.1. The van der Waals surface area contributed by atoms with E-state index < -0.39 is 0 Å². The minimum atomic E-state index is -0.121. The summed E-state index contributed by atoms with van der Waals surface area (Å²) in [6, 6.07) is 14.5. The zero-order chi connectivity index (χ0) is 17.4. The summed E-state index contributed by atoms with van der Waals surface area (Å²) < 4.78 is 0. The van der Waals surface area contributed by atoms with Gasteiger partial charge in [-0.3, -0.25) is 9.69 Å². The van der Waals surface area contributed by atoms with Crippen LogP contribution in [0.3, 0.4) is 0 Å². The first-order valence-corrected chi connectivity index (χ1v) is 9.39. The molecule has 0 saturated heterocycles. The van der Waals surface area contributed by atoms with Crippen molar-refractivity contribution in [3.05, 3.63) is 69.7 Å². The van der Waals surface area contributed by atoms with Crippen molar-refractivity contribution in [1.29, 1.82) is 0 Å². The highest BCUT2D eigenvalue weighted by molar-refractivity contribution is 6.30. The summed E-state index contributed by atoms with van der Waals surface area (Å²) in [7, 11) is 0. The maximum Gasteiger partial charge on any atom is 0.237 e. The maximum atomic E-state index is 12.8. The first-order valence-electron chi connectivity index (χ1n) is 9.01. The fourth-order valence-electron chi connectivity index (χ4n) is 4.04. The number of nitrogens with zero attached hydrogens (tertiary/aromatic N) is 1. The van der Waals surface area contributed by atoms with E-state index in [1.165, 1.54) is 22.3 Å². The van der Waals surface area contributed by atoms with Crippen LogP contribution in [0.4, 0.5) is 0 Å². The Labute approximate surface area is 154 Å². The highest BCUT2D eigenvalue weighted by Crippen LogP contribution is 2.33. The minimum absolute atomic E-state index is 0.110. The van der Waals surface area contributed by atoms with Gasteiger partial charge in [0.2, 0.25) is 5.91 Å². The van der Waals surface area contributed by atoms with Crippen LogP contribution < -0.4 is 5.32 Å². The number of amides is 1. The number of aryl methyl sites for hydroxylation is 1. The van der Waals surface area contributed by atoms with E-state index in [4.69, 9.17) is 11.6 Å². The molecule has 0 saturated carbocycles. The Morgan fingerprint density at radius 2 is 1.96 bits per heavy atom. The summed E-state index contributed by atoms with van der Waals surface area (Å²) in [4.78, 5) is 15.1. The Hall–Kier alpha value is -1.84. The van der Waals surface area contributed by atoms with Gasteiger partial charge in [0.1, 0.15) is 0 Å². The van der Waals surface area contributed by atoms with E-state index in [0.717, 1.165) is 37.4 Å². The molecule has 4 heteroatoms. The van der Waals surface area contributed by atoms with Gasteiger partial charge in [0.05, 0.1) is 12.1 Å². The Morgan fingerprint density at radius 3 is 2.80 bits per heavy atom. The summed E-state index contributed by atoms with van der Waals surface area (Å²) in [6.07, 6.45) is 2.95. The SMILES string of the molecule is CC(C(=O)NC1CCc2cc(Cl)ccc21)N1CCc2ccccc2C1. The van der Waals surface area contributed by atoms with Gasteiger partial charge in [0.25, 0.3) is 0 Å². The number of halogens is 1. The Balaban J connectivity index is 1.43. The van der Waals surface area contributed by atoms with Gasteiger partial charge in [-0.2, -0.15) is 0 Å². The van der Waals surface area contributed by atoms with Crippen molar-refractivity contribution in [3.63, 3.8) is 0 Å². The van der Waals surface area contributed by atoms with E-state index in [1.54, 1.807) is 0 Å². The zero-order valence-electron chi connectivity index (χ0n) is 14.5. The average Bonchev–Trinajstić information content (AvgIpc) is 3.02. The molecule has 2 unspecified atom stereocenters. The standard InChI is InChI=1S/C21H23ClN2O/c1-14(24-11-10-15-4-2-3-5-17(15)13-24)21(25)23-20-9-6-16-12-18(22)7-8-19(16)20/h2-5,7-8,12,14,20H,6,9-11,13H2,1H3,(H,23,25). The monoisotopic (exact) mass is 354 g/mol. The van der Waals surface area contributed by atoms with Crippen molar-refractivity contribution in [1.82, 2.24) is 10.2 Å². The zero-order valence-corrected chi connectivity index (χ0v) is 15.2. The second-order valence-corrected chi connectivity index (χ2v) is 7.54. The summed E-state index contributed by atoms with van der Waals surface area (Å²) in [6.45, 7) is 3.80. The summed E-state index contributed by atoms with van der Waals surface area (Å²) >= 11 is 6.08. The quantitative estimate of drug-likeness (QED) is 0.906. The molecule has 0 fully saturated rings. The number of hydrogen-bond acceptors (Lipinski definition) is 2. The minimum Gasteiger partial charge on any atom is -0.348 e.